The zero-order valence-electron chi connectivity index (χ0n) is 11.2. The highest BCUT2D eigenvalue weighted by atomic mass is 19.4. The van der Waals surface area contributed by atoms with Gasteiger partial charge in [-0.05, 0) is 25.6 Å². The Balaban J connectivity index is 2.98. The molecule has 7 heteroatoms. The molecule has 0 saturated heterocycles. The fourth-order valence-corrected chi connectivity index (χ4v) is 1.89. The van der Waals surface area contributed by atoms with Crippen LogP contribution in [0.15, 0.2) is 18.2 Å². The molecule has 0 fully saturated rings. The molecule has 2 N–H and O–H groups in total. The lowest BCUT2D eigenvalue weighted by Gasteiger charge is -2.25. The average Bonchev–Trinajstić information content (AvgIpc) is 2.25. The number of rotatable bonds is 5. The summed E-state index contributed by atoms with van der Waals surface area (Å²) in [5, 5.41) is 0. The highest BCUT2D eigenvalue weighted by molar-refractivity contribution is 5.74. The van der Waals surface area contributed by atoms with Crippen LogP contribution in [0, 0.1) is 5.82 Å². The van der Waals surface area contributed by atoms with Gasteiger partial charge in [0.15, 0.2) is 0 Å². The molecule has 1 aromatic rings. The first kappa shape index (κ1) is 16.4. The number of primary amides is 1. The van der Waals surface area contributed by atoms with Crippen molar-refractivity contribution in [2.45, 2.75) is 32.1 Å². The predicted molar refractivity (Wildman–Crippen MR) is 66.1 cm³/mol. The summed E-state index contributed by atoms with van der Waals surface area (Å²) in [7, 11) is 1.55. The molecule has 0 saturated carbocycles. The molecule has 0 aliphatic heterocycles. The minimum atomic E-state index is -4.76. The van der Waals surface area contributed by atoms with Gasteiger partial charge < -0.3 is 5.73 Å². The number of benzene rings is 1. The van der Waals surface area contributed by atoms with Gasteiger partial charge in [0, 0.05) is 19.0 Å². The Kier molecular flexibility index (Phi) is 5.10. The maximum Gasteiger partial charge on any atom is 0.419 e. The van der Waals surface area contributed by atoms with Gasteiger partial charge in [-0.1, -0.05) is 12.1 Å². The van der Waals surface area contributed by atoms with Gasteiger partial charge in [0.2, 0.25) is 5.91 Å². The molecule has 0 aliphatic carbocycles. The molecule has 0 aliphatic rings. The molecule has 1 rings (SSSR count). The zero-order chi connectivity index (χ0) is 15.5. The highest BCUT2D eigenvalue weighted by Crippen LogP contribution is 2.34. The van der Waals surface area contributed by atoms with E-state index >= 15 is 0 Å². The molecule has 0 spiro atoms. The number of halogens is 4. The van der Waals surface area contributed by atoms with Crippen molar-refractivity contribution in [1.82, 2.24) is 4.90 Å². The Labute approximate surface area is 114 Å². The zero-order valence-corrected chi connectivity index (χ0v) is 11.2. The van der Waals surface area contributed by atoms with Crippen molar-refractivity contribution in [3.63, 3.8) is 0 Å². The quantitative estimate of drug-likeness (QED) is 0.848. The minimum absolute atomic E-state index is 0.0210. The first-order valence-corrected chi connectivity index (χ1v) is 5.96. The number of carbonyl (C=O) groups excluding carboxylic acids is 1. The van der Waals surface area contributed by atoms with Crippen molar-refractivity contribution in [2.24, 2.45) is 5.73 Å². The Morgan fingerprint density at radius 2 is 2.00 bits per heavy atom. The third-order valence-corrected chi connectivity index (χ3v) is 3.05. The van der Waals surface area contributed by atoms with E-state index in [0.717, 1.165) is 6.07 Å². The Hall–Kier alpha value is -1.63. The summed E-state index contributed by atoms with van der Waals surface area (Å²) < 4.78 is 51.9. The highest BCUT2D eigenvalue weighted by Gasteiger charge is 2.36. The Morgan fingerprint density at radius 3 is 2.50 bits per heavy atom. The van der Waals surface area contributed by atoms with E-state index in [1.165, 1.54) is 17.0 Å². The molecule has 112 valence electrons. The third-order valence-electron chi connectivity index (χ3n) is 3.05. The monoisotopic (exact) mass is 292 g/mol. The summed E-state index contributed by atoms with van der Waals surface area (Å²) in [4.78, 5) is 12.3. The average molecular weight is 292 g/mol. The van der Waals surface area contributed by atoms with Crippen LogP contribution in [0.3, 0.4) is 0 Å². The number of nitrogens with two attached hydrogens (primary N) is 1. The predicted octanol–water partition coefficient (Wildman–Crippen LogP) is 2.54. The van der Waals surface area contributed by atoms with Gasteiger partial charge in [0.05, 0.1) is 5.56 Å². The third kappa shape index (κ3) is 4.19. The fourth-order valence-electron chi connectivity index (χ4n) is 1.89. The smallest absolute Gasteiger partial charge is 0.370 e. The molecule has 1 atom stereocenters. The van der Waals surface area contributed by atoms with Crippen LogP contribution in [0.1, 0.15) is 24.5 Å². The van der Waals surface area contributed by atoms with E-state index in [-0.39, 0.29) is 24.6 Å². The number of alkyl halides is 3. The molecule has 0 bridgehead atoms. The van der Waals surface area contributed by atoms with E-state index in [4.69, 9.17) is 5.73 Å². The van der Waals surface area contributed by atoms with Crippen molar-refractivity contribution in [2.75, 3.05) is 7.05 Å². The van der Waals surface area contributed by atoms with Crippen LogP contribution < -0.4 is 5.73 Å². The lowest BCUT2D eigenvalue weighted by molar-refractivity contribution is -0.141. The van der Waals surface area contributed by atoms with Gasteiger partial charge >= 0.3 is 6.18 Å². The van der Waals surface area contributed by atoms with Crippen LogP contribution >= 0.6 is 0 Å². The molecule has 1 amide bonds. The van der Waals surface area contributed by atoms with E-state index in [0.29, 0.717) is 0 Å². The summed E-state index contributed by atoms with van der Waals surface area (Å²) in [6.07, 6.45) is -4.73. The lowest BCUT2D eigenvalue weighted by Crippen LogP contribution is -2.33. The molecule has 0 heterocycles. The molecule has 0 radical (unpaired) electrons. The van der Waals surface area contributed by atoms with Crippen molar-refractivity contribution in [1.29, 1.82) is 0 Å². The van der Waals surface area contributed by atoms with Gasteiger partial charge in [0.25, 0.3) is 0 Å². The summed E-state index contributed by atoms with van der Waals surface area (Å²) in [6.45, 7) is 1.54. The summed E-state index contributed by atoms with van der Waals surface area (Å²) in [6, 6.07) is 2.89. The normalized spacial score (nSPS) is 13.6. The van der Waals surface area contributed by atoms with E-state index in [2.05, 4.69) is 0 Å². The largest absolute Gasteiger partial charge is 0.419 e. The summed E-state index contributed by atoms with van der Waals surface area (Å²) >= 11 is 0. The van der Waals surface area contributed by atoms with Crippen LogP contribution in [0.2, 0.25) is 0 Å². The maximum absolute atomic E-state index is 13.4. The number of hydrogen-bond acceptors (Lipinski definition) is 2. The summed E-state index contributed by atoms with van der Waals surface area (Å²) in [5.41, 5.74) is 3.61. The van der Waals surface area contributed by atoms with Gasteiger partial charge in [-0.2, -0.15) is 13.2 Å². The number of hydrogen-bond donors (Lipinski definition) is 1. The van der Waals surface area contributed by atoms with Crippen LogP contribution in [-0.4, -0.2) is 23.9 Å². The van der Waals surface area contributed by atoms with E-state index in [1.807, 2.05) is 0 Å². The topological polar surface area (TPSA) is 46.3 Å². The standard InChI is InChI=1S/C13H16F4N2O/c1-8(6-11(18)20)19(2)7-9-4-3-5-10(14)12(9)13(15,16)17/h3-5,8H,6-7H2,1-2H3,(H2,18,20). The Bertz CT molecular complexity index is 488. The van der Waals surface area contributed by atoms with Gasteiger partial charge in [-0.25, -0.2) is 4.39 Å². The van der Waals surface area contributed by atoms with Crippen LogP contribution in [0.5, 0.6) is 0 Å². The Morgan fingerprint density at radius 1 is 1.40 bits per heavy atom. The molecule has 3 nitrogen and oxygen atoms in total. The summed E-state index contributed by atoms with van der Waals surface area (Å²) in [5.74, 6) is -1.84. The maximum atomic E-state index is 13.4. The lowest BCUT2D eigenvalue weighted by atomic mass is 10.0. The second-order valence-electron chi connectivity index (χ2n) is 4.71. The molecular formula is C13H16F4N2O. The van der Waals surface area contributed by atoms with Crippen LogP contribution in [-0.2, 0) is 17.5 Å². The van der Waals surface area contributed by atoms with Crippen LogP contribution in [0.4, 0.5) is 17.6 Å². The second-order valence-corrected chi connectivity index (χ2v) is 4.71. The van der Waals surface area contributed by atoms with E-state index in [9.17, 15) is 22.4 Å². The van der Waals surface area contributed by atoms with Gasteiger partial charge in [-0.3, -0.25) is 9.69 Å². The number of carbonyl (C=O) groups is 1. The minimum Gasteiger partial charge on any atom is -0.370 e. The van der Waals surface area contributed by atoms with Crippen molar-refractivity contribution in [3.8, 4) is 0 Å². The second kappa shape index (κ2) is 6.21. The van der Waals surface area contributed by atoms with Crippen LogP contribution in [0.25, 0.3) is 0 Å². The first-order chi connectivity index (χ1) is 9.12. The SMILES string of the molecule is CC(CC(N)=O)N(C)Cc1cccc(F)c1C(F)(F)F. The van der Waals surface area contributed by atoms with E-state index in [1.54, 1.807) is 14.0 Å². The van der Waals surface area contributed by atoms with Gasteiger partial charge in [-0.15, -0.1) is 0 Å². The number of amides is 1. The molecule has 20 heavy (non-hydrogen) atoms. The van der Waals surface area contributed by atoms with Gasteiger partial charge in [0.1, 0.15) is 5.82 Å². The molecule has 0 aromatic heterocycles. The molecular weight excluding hydrogens is 276 g/mol. The van der Waals surface area contributed by atoms with Crippen molar-refractivity contribution >= 4 is 5.91 Å². The van der Waals surface area contributed by atoms with Crippen molar-refractivity contribution < 1.29 is 22.4 Å². The van der Waals surface area contributed by atoms with Crippen molar-refractivity contribution in [3.05, 3.63) is 35.1 Å². The molecule has 1 unspecified atom stereocenters. The first-order valence-electron chi connectivity index (χ1n) is 5.96. The van der Waals surface area contributed by atoms with E-state index < -0.39 is 23.5 Å². The fraction of sp³-hybridized carbons (Fsp3) is 0.462. The number of nitrogens with zero attached hydrogens (tertiary/aromatic N) is 1. The molecule has 1 aromatic carbocycles.